The average Bonchev–Trinajstić information content (AvgIpc) is 3.27. The van der Waals surface area contributed by atoms with Crippen LogP contribution in [0.4, 0.5) is 0 Å². The third-order valence-corrected chi connectivity index (χ3v) is 12.7. The molecule has 0 bridgehead atoms. The number of carbonyl (C=O) groups is 1. The van der Waals surface area contributed by atoms with Crippen molar-refractivity contribution in [1.29, 1.82) is 0 Å². The number of allylic oxidation sites excluding steroid dienone is 2. The predicted molar refractivity (Wildman–Crippen MR) is 126 cm³/mol. The van der Waals surface area contributed by atoms with Gasteiger partial charge in [0.25, 0.3) is 0 Å². The molecule has 5 saturated carbocycles. The maximum atomic E-state index is 11.4. The van der Waals surface area contributed by atoms with Crippen LogP contribution in [0.25, 0.3) is 0 Å². The quantitative estimate of drug-likeness (QED) is 0.493. The Morgan fingerprint density at radius 3 is 2.32 bits per heavy atom. The second-order valence-corrected chi connectivity index (χ2v) is 13.8. The molecule has 174 valence electrons. The highest BCUT2D eigenvalue weighted by atomic mass is 16.3. The molecule has 5 aliphatic rings. The van der Waals surface area contributed by atoms with Crippen LogP contribution in [-0.2, 0) is 4.79 Å². The highest BCUT2D eigenvalue weighted by Crippen LogP contribution is 2.89. The number of aliphatic hydroxyl groups excluding tert-OH is 1. The minimum atomic E-state index is -0.110. The van der Waals surface area contributed by atoms with Crippen molar-refractivity contribution >= 4 is 5.78 Å². The molecule has 5 rings (SSSR count). The summed E-state index contributed by atoms with van der Waals surface area (Å²) in [5.41, 5.74) is 2.10. The monoisotopic (exact) mass is 426 g/mol. The molecular weight excluding hydrogens is 380 g/mol. The molecule has 5 fully saturated rings. The molecule has 1 N–H and O–H groups in total. The molecule has 0 heterocycles. The summed E-state index contributed by atoms with van der Waals surface area (Å²) < 4.78 is 0. The van der Waals surface area contributed by atoms with Crippen molar-refractivity contribution < 1.29 is 9.90 Å². The van der Waals surface area contributed by atoms with E-state index in [-0.39, 0.29) is 17.3 Å². The molecule has 31 heavy (non-hydrogen) atoms. The zero-order valence-electron chi connectivity index (χ0n) is 21.0. The number of rotatable bonds is 4. The van der Waals surface area contributed by atoms with Crippen molar-refractivity contribution in [2.75, 3.05) is 0 Å². The van der Waals surface area contributed by atoms with Gasteiger partial charge in [-0.3, -0.25) is 4.79 Å². The molecule has 0 amide bonds. The van der Waals surface area contributed by atoms with Gasteiger partial charge in [-0.25, -0.2) is 0 Å². The topological polar surface area (TPSA) is 37.3 Å². The number of ketones is 1. The molecule has 5 aliphatic carbocycles. The Labute approximate surface area is 190 Å². The molecule has 2 spiro atoms. The molecule has 0 aromatic rings. The molecule has 0 aromatic heterocycles. The fourth-order valence-corrected chi connectivity index (χ4v) is 10.9. The maximum Gasteiger partial charge on any atom is 0.152 e. The van der Waals surface area contributed by atoms with Crippen molar-refractivity contribution in [3.63, 3.8) is 0 Å². The Bertz CT molecular complexity index is 797. The van der Waals surface area contributed by atoms with Crippen LogP contribution in [0.5, 0.6) is 0 Å². The van der Waals surface area contributed by atoms with E-state index >= 15 is 0 Å². The molecule has 0 aliphatic heterocycles. The second-order valence-electron chi connectivity index (χ2n) is 13.8. The average molecular weight is 427 g/mol. The molecule has 9 atom stereocenters. The smallest absolute Gasteiger partial charge is 0.152 e. The molecule has 0 aromatic carbocycles. The van der Waals surface area contributed by atoms with E-state index in [9.17, 15) is 9.90 Å². The van der Waals surface area contributed by atoms with Gasteiger partial charge in [-0.05, 0) is 128 Å². The lowest BCUT2D eigenvalue weighted by atomic mass is 9.42. The van der Waals surface area contributed by atoms with E-state index in [1.54, 1.807) is 13.0 Å². The third-order valence-electron chi connectivity index (χ3n) is 12.7. The van der Waals surface area contributed by atoms with Crippen LogP contribution in [0, 0.1) is 50.7 Å². The fraction of sp³-hybridized carbons (Fsp3) is 0.897. The number of fused-ring (bicyclic) bond motifs is 2. The van der Waals surface area contributed by atoms with Gasteiger partial charge < -0.3 is 5.11 Å². The van der Waals surface area contributed by atoms with E-state index in [1.165, 1.54) is 51.4 Å². The summed E-state index contributed by atoms with van der Waals surface area (Å²) in [6.45, 7) is 14.2. The lowest BCUT2D eigenvalue weighted by Crippen LogP contribution is -2.57. The van der Waals surface area contributed by atoms with Gasteiger partial charge in [-0.1, -0.05) is 40.7 Å². The zero-order valence-corrected chi connectivity index (χ0v) is 21.0. The second kappa shape index (κ2) is 6.71. The normalized spacial score (nSPS) is 53.3. The summed E-state index contributed by atoms with van der Waals surface area (Å²) in [6.07, 6.45) is 16.9. The fourth-order valence-electron chi connectivity index (χ4n) is 10.9. The van der Waals surface area contributed by atoms with Crippen molar-refractivity contribution in [1.82, 2.24) is 0 Å². The van der Waals surface area contributed by atoms with Crippen LogP contribution in [0.15, 0.2) is 12.2 Å². The summed E-state index contributed by atoms with van der Waals surface area (Å²) in [5.74, 6) is 3.21. The molecule has 0 unspecified atom stereocenters. The van der Waals surface area contributed by atoms with Gasteiger partial charge in [0.2, 0.25) is 0 Å². The standard InChI is InChI=1S/C29H46O2/c1-19(8-7-9-20(2)30)21-12-14-27(6)23-11-10-22-25(3,4)24(31)13-15-28(22)18-29(23,28)17-16-26(21,27)5/h7,9,19,21-24,31H,8,10-18H2,1-6H3/b9-7+/t19-,21-,22-,23+,24+,26-,27+,28-,29+/m1/s1. The Balaban J connectivity index is 1.42. The highest BCUT2D eigenvalue weighted by molar-refractivity contribution is 5.87. The van der Waals surface area contributed by atoms with Crippen molar-refractivity contribution in [2.24, 2.45) is 50.7 Å². The minimum absolute atomic E-state index is 0.0874. The van der Waals surface area contributed by atoms with Gasteiger partial charge in [-0.2, -0.15) is 0 Å². The predicted octanol–water partition coefficient (Wildman–Crippen LogP) is 6.96. The summed E-state index contributed by atoms with van der Waals surface area (Å²) in [6, 6.07) is 0. The van der Waals surface area contributed by atoms with Crippen LogP contribution in [0.3, 0.4) is 0 Å². The summed E-state index contributed by atoms with van der Waals surface area (Å²) in [7, 11) is 0. The van der Waals surface area contributed by atoms with E-state index in [0.717, 1.165) is 30.6 Å². The van der Waals surface area contributed by atoms with Crippen molar-refractivity contribution in [2.45, 2.75) is 112 Å². The molecule has 0 saturated heterocycles. The SMILES string of the molecule is CC(=O)/C=C/C[C@@H](C)[C@H]1CC[C@@]2(C)[C@@H]3CC[C@@H]4C(C)(C)[C@@H](O)CC[C@@]45C[C@@]35CC[C@]12C. The number of hydrogen-bond acceptors (Lipinski definition) is 2. The van der Waals surface area contributed by atoms with Crippen LogP contribution in [-0.4, -0.2) is 17.0 Å². The van der Waals surface area contributed by atoms with Crippen LogP contribution >= 0.6 is 0 Å². The van der Waals surface area contributed by atoms with E-state index in [2.05, 4.69) is 40.7 Å². The minimum Gasteiger partial charge on any atom is -0.393 e. The van der Waals surface area contributed by atoms with Gasteiger partial charge in [0.15, 0.2) is 5.78 Å². The Kier molecular flexibility index (Phi) is 4.80. The number of carbonyl (C=O) groups excluding carboxylic acids is 1. The maximum absolute atomic E-state index is 11.4. The van der Waals surface area contributed by atoms with E-state index in [4.69, 9.17) is 0 Å². The molecule has 2 nitrogen and oxygen atoms in total. The first kappa shape index (κ1) is 22.2. The first-order valence-corrected chi connectivity index (χ1v) is 13.3. The largest absolute Gasteiger partial charge is 0.393 e. The number of aliphatic hydroxyl groups is 1. The first-order chi connectivity index (χ1) is 14.4. The van der Waals surface area contributed by atoms with Crippen molar-refractivity contribution in [3.05, 3.63) is 12.2 Å². The lowest BCUT2D eigenvalue weighted by molar-refractivity contribution is -0.161. The first-order valence-electron chi connectivity index (χ1n) is 13.3. The lowest BCUT2D eigenvalue weighted by Gasteiger charge is -2.63. The number of hydrogen-bond donors (Lipinski definition) is 1. The summed E-state index contributed by atoms with van der Waals surface area (Å²) in [4.78, 5) is 11.4. The molecular formula is C29H46O2. The zero-order chi connectivity index (χ0) is 22.4. The summed E-state index contributed by atoms with van der Waals surface area (Å²) in [5, 5.41) is 10.8. The van der Waals surface area contributed by atoms with Crippen LogP contribution in [0.1, 0.15) is 106 Å². The van der Waals surface area contributed by atoms with Crippen LogP contribution in [0.2, 0.25) is 0 Å². The Morgan fingerprint density at radius 2 is 1.61 bits per heavy atom. The van der Waals surface area contributed by atoms with Gasteiger partial charge in [0.1, 0.15) is 0 Å². The Hall–Kier alpha value is -0.630. The summed E-state index contributed by atoms with van der Waals surface area (Å²) >= 11 is 0. The molecule has 0 radical (unpaired) electrons. The van der Waals surface area contributed by atoms with Gasteiger partial charge in [0, 0.05) is 0 Å². The van der Waals surface area contributed by atoms with E-state index < -0.39 is 0 Å². The van der Waals surface area contributed by atoms with E-state index in [1.807, 2.05) is 0 Å². The van der Waals surface area contributed by atoms with Gasteiger partial charge in [0.05, 0.1) is 6.10 Å². The third kappa shape index (κ3) is 2.64. The highest BCUT2D eigenvalue weighted by Gasteiger charge is 2.82. The Morgan fingerprint density at radius 1 is 0.935 bits per heavy atom. The van der Waals surface area contributed by atoms with Gasteiger partial charge in [-0.15, -0.1) is 0 Å². The van der Waals surface area contributed by atoms with Crippen LogP contribution < -0.4 is 0 Å². The van der Waals surface area contributed by atoms with Crippen molar-refractivity contribution in [3.8, 4) is 0 Å². The molecule has 2 heteroatoms. The van der Waals surface area contributed by atoms with E-state index in [0.29, 0.717) is 27.6 Å². The van der Waals surface area contributed by atoms with Gasteiger partial charge >= 0.3 is 0 Å².